The lowest BCUT2D eigenvalue weighted by molar-refractivity contribution is -0.276. The Kier molecular flexibility index (Phi) is 7.73. The van der Waals surface area contributed by atoms with Crippen LogP contribution >= 0.6 is 0 Å². The van der Waals surface area contributed by atoms with Gasteiger partial charge in [0, 0.05) is 11.5 Å². The van der Waals surface area contributed by atoms with Crippen LogP contribution in [0.25, 0.3) is 17.0 Å². The number of halogens is 10. The zero-order valence-corrected chi connectivity index (χ0v) is 19.0. The van der Waals surface area contributed by atoms with Crippen LogP contribution in [0.1, 0.15) is 41.6 Å². The average molecular weight is 550 g/mol. The average Bonchev–Trinajstić information content (AvgIpc) is 2.85. The van der Waals surface area contributed by atoms with Gasteiger partial charge in [-0.25, -0.2) is 22.0 Å². The number of benzene rings is 3. The molecule has 0 amide bonds. The monoisotopic (exact) mass is 550 g/mol. The lowest BCUT2D eigenvalue weighted by Crippen LogP contribution is -2.20. The molecule has 1 fully saturated rings. The first-order chi connectivity index (χ1) is 17.8. The Hall–Kier alpha value is -3.54. The lowest BCUT2D eigenvalue weighted by Gasteiger charge is -2.30. The molecule has 0 spiro atoms. The molecule has 0 saturated carbocycles. The standard InChI is InChI=1S/C26H16F10O2/c27-17-7-15(8-18(28)22(17)16-9-19(29)24(20(30)10-16)38-26(34,35)36)21-6-5-14(11-37-21)12-1-3-13(4-2-12)23(31)25(32)33/h1-4,7-10,14,21H,5-6,11H2. The first kappa shape index (κ1) is 27.5. The molecule has 3 aromatic rings. The molecule has 0 aliphatic carbocycles. The van der Waals surface area contributed by atoms with Gasteiger partial charge in [-0.15, -0.1) is 13.2 Å². The van der Waals surface area contributed by atoms with E-state index in [1.807, 2.05) is 0 Å². The number of hydrogen-bond donors (Lipinski definition) is 0. The van der Waals surface area contributed by atoms with Crippen molar-refractivity contribution >= 4 is 5.83 Å². The second-order valence-electron chi connectivity index (χ2n) is 8.47. The molecule has 3 aromatic carbocycles. The van der Waals surface area contributed by atoms with Gasteiger partial charge in [0.1, 0.15) is 11.6 Å². The molecule has 1 saturated heterocycles. The topological polar surface area (TPSA) is 18.5 Å². The molecule has 2 nitrogen and oxygen atoms in total. The minimum atomic E-state index is -5.38. The fourth-order valence-electron chi connectivity index (χ4n) is 4.26. The minimum Gasteiger partial charge on any atom is -0.399 e. The molecule has 4 rings (SSSR count). The molecule has 2 unspecified atom stereocenters. The Bertz CT molecular complexity index is 1310. The van der Waals surface area contributed by atoms with Crippen molar-refractivity contribution in [2.45, 2.75) is 31.2 Å². The predicted molar refractivity (Wildman–Crippen MR) is 116 cm³/mol. The molecular formula is C26H16F10O2. The van der Waals surface area contributed by atoms with Gasteiger partial charge in [-0.05, 0) is 53.8 Å². The smallest absolute Gasteiger partial charge is 0.399 e. The molecule has 1 aliphatic heterocycles. The maximum Gasteiger partial charge on any atom is 0.573 e. The number of alkyl halides is 3. The maximum atomic E-state index is 14.8. The van der Waals surface area contributed by atoms with Gasteiger partial charge in [-0.3, -0.25) is 0 Å². The van der Waals surface area contributed by atoms with Crippen molar-refractivity contribution in [3.63, 3.8) is 0 Å². The summed E-state index contributed by atoms with van der Waals surface area (Å²) in [5, 5.41) is 0. The zero-order valence-electron chi connectivity index (χ0n) is 19.0. The van der Waals surface area contributed by atoms with Crippen molar-refractivity contribution < 1.29 is 53.4 Å². The van der Waals surface area contributed by atoms with Crippen LogP contribution in [0.4, 0.5) is 43.9 Å². The summed E-state index contributed by atoms with van der Waals surface area (Å²) in [5.74, 6) is -9.62. The highest BCUT2D eigenvalue weighted by atomic mass is 19.4. The minimum absolute atomic E-state index is 0.0844. The van der Waals surface area contributed by atoms with Crippen molar-refractivity contribution in [1.82, 2.24) is 0 Å². The summed E-state index contributed by atoms with van der Waals surface area (Å²) < 4.78 is 142. The number of rotatable bonds is 5. The van der Waals surface area contributed by atoms with Crippen LogP contribution in [0.3, 0.4) is 0 Å². The van der Waals surface area contributed by atoms with E-state index < -0.39 is 64.5 Å². The van der Waals surface area contributed by atoms with Gasteiger partial charge in [0.05, 0.1) is 18.3 Å². The van der Waals surface area contributed by atoms with E-state index in [0.717, 1.165) is 12.1 Å². The number of ether oxygens (including phenoxy) is 2. The highest BCUT2D eigenvalue weighted by molar-refractivity contribution is 5.67. The Morgan fingerprint density at radius 2 is 1.34 bits per heavy atom. The Labute approximate surface area is 209 Å². The summed E-state index contributed by atoms with van der Waals surface area (Å²) in [5.41, 5.74) is -1.04. The van der Waals surface area contributed by atoms with Crippen LogP contribution in [0, 0.1) is 23.3 Å². The van der Waals surface area contributed by atoms with Crippen LogP contribution in [0.2, 0.25) is 0 Å². The van der Waals surface area contributed by atoms with Crippen LogP contribution < -0.4 is 4.74 Å². The third-order valence-electron chi connectivity index (χ3n) is 6.02. The Balaban J connectivity index is 1.50. The quantitative estimate of drug-likeness (QED) is 0.295. The summed E-state index contributed by atoms with van der Waals surface area (Å²) >= 11 is 0. The van der Waals surface area contributed by atoms with E-state index in [2.05, 4.69) is 4.74 Å². The SMILES string of the molecule is FC(F)=C(F)c1ccc(C2CCC(c3cc(F)c(-c4cc(F)c(OC(F)(F)F)c(F)c4)c(F)c3)OC2)cc1. The highest BCUT2D eigenvalue weighted by Gasteiger charge is 2.34. The van der Waals surface area contributed by atoms with Gasteiger partial charge in [0.2, 0.25) is 5.75 Å². The highest BCUT2D eigenvalue weighted by Crippen LogP contribution is 2.39. The van der Waals surface area contributed by atoms with Gasteiger partial charge in [-0.1, -0.05) is 24.3 Å². The molecule has 38 heavy (non-hydrogen) atoms. The van der Waals surface area contributed by atoms with Gasteiger partial charge in [0.15, 0.2) is 17.5 Å². The summed E-state index contributed by atoms with van der Waals surface area (Å²) in [4.78, 5) is 0. The van der Waals surface area contributed by atoms with Crippen molar-refractivity contribution in [2.75, 3.05) is 6.61 Å². The van der Waals surface area contributed by atoms with Crippen LogP contribution in [0.5, 0.6) is 5.75 Å². The fraction of sp³-hybridized carbons (Fsp3) is 0.231. The molecule has 0 bridgehead atoms. The van der Waals surface area contributed by atoms with Crippen molar-refractivity contribution in [3.8, 4) is 16.9 Å². The van der Waals surface area contributed by atoms with E-state index >= 15 is 0 Å². The summed E-state index contributed by atoms with van der Waals surface area (Å²) in [7, 11) is 0. The summed E-state index contributed by atoms with van der Waals surface area (Å²) in [6, 6.07) is 7.79. The Morgan fingerprint density at radius 3 is 1.82 bits per heavy atom. The Morgan fingerprint density at radius 1 is 0.763 bits per heavy atom. The molecule has 202 valence electrons. The van der Waals surface area contributed by atoms with Crippen LogP contribution in [0.15, 0.2) is 54.6 Å². The lowest BCUT2D eigenvalue weighted by atomic mass is 9.88. The van der Waals surface area contributed by atoms with Crippen LogP contribution in [-0.2, 0) is 4.74 Å². The maximum absolute atomic E-state index is 14.8. The second kappa shape index (κ2) is 10.7. The summed E-state index contributed by atoms with van der Waals surface area (Å²) in [6.45, 7) is 0.0991. The van der Waals surface area contributed by atoms with Crippen molar-refractivity contribution in [3.05, 3.63) is 94.6 Å². The molecule has 0 aromatic heterocycles. The number of hydrogen-bond acceptors (Lipinski definition) is 2. The molecule has 0 radical (unpaired) electrons. The molecule has 1 heterocycles. The molecular weight excluding hydrogens is 534 g/mol. The normalized spacial score (nSPS) is 17.8. The van der Waals surface area contributed by atoms with E-state index in [1.54, 1.807) is 0 Å². The molecule has 0 N–H and O–H groups in total. The molecule has 1 aliphatic rings. The third-order valence-corrected chi connectivity index (χ3v) is 6.02. The van der Waals surface area contributed by atoms with Gasteiger partial charge >= 0.3 is 12.4 Å². The van der Waals surface area contributed by atoms with Crippen LogP contribution in [-0.4, -0.2) is 13.0 Å². The fourth-order valence-corrected chi connectivity index (χ4v) is 4.26. The van der Waals surface area contributed by atoms with Crippen molar-refractivity contribution in [2.24, 2.45) is 0 Å². The summed E-state index contributed by atoms with van der Waals surface area (Å²) in [6.07, 6.45) is -7.80. The first-order valence-corrected chi connectivity index (χ1v) is 11.0. The zero-order chi connectivity index (χ0) is 27.8. The predicted octanol–water partition coefficient (Wildman–Crippen LogP) is 8.98. The third kappa shape index (κ3) is 5.95. The van der Waals surface area contributed by atoms with E-state index in [9.17, 15) is 43.9 Å². The van der Waals surface area contributed by atoms with E-state index in [1.165, 1.54) is 24.3 Å². The molecule has 2 atom stereocenters. The van der Waals surface area contributed by atoms with Crippen molar-refractivity contribution in [1.29, 1.82) is 0 Å². The van der Waals surface area contributed by atoms with E-state index in [4.69, 9.17) is 4.74 Å². The van der Waals surface area contributed by atoms with Gasteiger partial charge < -0.3 is 9.47 Å². The van der Waals surface area contributed by atoms with E-state index in [-0.39, 0.29) is 23.7 Å². The largest absolute Gasteiger partial charge is 0.573 e. The second-order valence-corrected chi connectivity index (χ2v) is 8.47. The van der Waals surface area contributed by atoms with E-state index in [0.29, 0.717) is 30.5 Å². The van der Waals surface area contributed by atoms with Gasteiger partial charge in [-0.2, -0.15) is 8.78 Å². The molecule has 12 heteroatoms. The first-order valence-electron chi connectivity index (χ1n) is 11.0. The van der Waals surface area contributed by atoms with Gasteiger partial charge in [0.25, 0.3) is 0 Å².